The third kappa shape index (κ3) is 7.48. The van der Waals surface area contributed by atoms with Gasteiger partial charge in [0, 0.05) is 42.9 Å². The first-order chi connectivity index (χ1) is 22.5. The summed E-state index contributed by atoms with van der Waals surface area (Å²) in [6.07, 6.45) is 8.67. The van der Waals surface area contributed by atoms with Crippen LogP contribution in [0.15, 0.2) is 54.7 Å². The topological polar surface area (TPSA) is 188 Å². The number of carbonyl (C=O) groups is 2. The molecule has 0 unspecified atom stereocenters. The van der Waals surface area contributed by atoms with Gasteiger partial charge in [0.15, 0.2) is 0 Å². The first-order valence-corrected chi connectivity index (χ1v) is 16.0. The zero-order chi connectivity index (χ0) is 31.9. The van der Waals surface area contributed by atoms with E-state index in [1.807, 2.05) is 24.3 Å². The van der Waals surface area contributed by atoms with Crippen molar-refractivity contribution < 1.29 is 14.7 Å². The molecule has 46 heavy (non-hydrogen) atoms. The molecule has 2 amide bonds. The van der Waals surface area contributed by atoms with E-state index in [0.717, 1.165) is 68.3 Å². The van der Waals surface area contributed by atoms with Crippen LogP contribution >= 0.6 is 0 Å². The van der Waals surface area contributed by atoms with Gasteiger partial charge in [0.25, 0.3) is 0 Å². The quantitative estimate of drug-likeness (QED) is 0.175. The lowest BCUT2D eigenvalue weighted by Crippen LogP contribution is -2.48. The van der Waals surface area contributed by atoms with E-state index < -0.39 is 6.04 Å². The number of aromatic nitrogens is 6. The summed E-state index contributed by atoms with van der Waals surface area (Å²) in [5.74, 6) is 0.795. The first-order valence-electron chi connectivity index (χ1n) is 16.0. The number of aromatic amines is 1. The Morgan fingerprint density at radius 1 is 0.978 bits per heavy atom. The number of hydrogen-bond donors (Lipinski definition) is 5. The summed E-state index contributed by atoms with van der Waals surface area (Å²) >= 11 is 0. The second-order valence-electron chi connectivity index (χ2n) is 12.2. The van der Waals surface area contributed by atoms with E-state index in [0.29, 0.717) is 35.5 Å². The van der Waals surface area contributed by atoms with Crippen LogP contribution in [0.2, 0.25) is 0 Å². The largest absolute Gasteiger partial charge is 0.493 e. The maximum absolute atomic E-state index is 13.6. The van der Waals surface area contributed by atoms with Crippen LogP contribution in [0.3, 0.4) is 0 Å². The highest BCUT2D eigenvalue weighted by Crippen LogP contribution is 2.30. The van der Waals surface area contributed by atoms with Gasteiger partial charge in [0.1, 0.15) is 6.04 Å². The Labute approximate surface area is 267 Å². The fourth-order valence-electron chi connectivity index (χ4n) is 6.25. The van der Waals surface area contributed by atoms with Gasteiger partial charge in [-0.1, -0.05) is 24.3 Å². The maximum Gasteiger partial charge on any atom is 0.247 e. The SMILES string of the molecule is NCC1CCC(C(=O)N[C@@H](Cc2ccc(-c3cnc(N4CCCCC4)nc3O)cc2)C(=O)Nc2ccc(-c3nn[nH]n3)cc2)CC1. The summed E-state index contributed by atoms with van der Waals surface area (Å²) in [5.41, 5.74) is 9.33. The predicted molar refractivity (Wildman–Crippen MR) is 174 cm³/mol. The number of nitrogens with one attached hydrogen (secondary N) is 3. The molecule has 2 aromatic carbocycles. The summed E-state index contributed by atoms with van der Waals surface area (Å²) in [7, 11) is 0. The molecule has 6 rings (SSSR count). The molecular weight excluding hydrogens is 584 g/mol. The Balaban J connectivity index is 1.16. The lowest BCUT2D eigenvalue weighted by molar-refractivity contribution is -0.130. The van der Waals surface area contributed by atoms with Crippen LogP contribution in [0.1, 0.15) is 50.5 Å². The second kappa shape index (κ2) is 14.5. The zero-order valence-corrected chi connectivity index (χ0v) is 25.7. The van der Waals surface area contributed by atoms with E-state index in [2.05, 4.69) is 46.1 Å². The summed E-state index contributed by atoms with van der Waals surface area (Å²) in [6.45, 7) is 2.41. The molecule has 2 fully saturated rings. The van der Waals surface area contributed by atoms with Crippen LogP contribution in [-0.4, -0.2) is 73.2 Å². The molecular formula is C33H40N10O3. The number of H-pyrrole nitrogens is 1. The van der Waals surface area contributed by atoms with Crippen LogP contribution in [0.5, 0.6) is 5.88 Å². The molecule has 6 N–H and O–H groups in total. The van der Waals surface area contributed by atoms with E-state index >= 15 is 0 Å². The molecule has 0 spiro atoms. The Kier molecular flexibility index (Phi) is 9.77. The second-order valence-corrected chi connectivity index (χ2v) is 12.2. The highest BCUT2D eigenvalue weighted by molar-refractivity contribution is 5.97. The van der Waals surface area contributed by atoms with Gasteiger partial charge in [-0.2, -0.15) is 10.2 Å². The monoisotopic (exact) mass is 624 g/mol. The average molecular weight is 625 g/mol. The Hall–Kier alpha value is -4.91. The lowest BCUT2D eigenvalue weighted by atomic mass is 9.81. The van der Waals surface area contributed by atoms with Gasteiger partial charge in [-0.3, -0.25) is 9.59 Å². The van der Waals surface area contributed by atoms with E-state index in [-0.39, 0.29) is 30.0 Å². The normalized spacial score (nSPS) is 18.9. The van der Waals surface area contributed by atoms with Crippen molar-refractivity contribution in [2.75, 3.05) is 29.9 Å². The summed E-state index contributed by atoms with van der Waals surface area (Å²) < 4.78 is 0. The molecule has 2 aromatic heterocycles. The van der Waals surface area contributed by atoms with Gasteiger partial charge < -0.3 is 26.4 Å². The molecule has 3 heterocycles. The Morgan fingerprint density at radius 3 is 2.35 bits per heavy atom. The van der Waals surface area contributed by atoms with Gasteiger partial charge in [0.2, 0.25) is 29.5 Å². The summed E-state index contributed by atoms with van der Waals surface area (Å²) in [4.78, 5) is 37.9. The molecule has 1 saturated heterocycles. The highest BCUT2D eigenvalue weighted by Gasteiger charge is 2.29. The molecule has 0 bridgehead atoms. The lowest BCUT2D eigenvalue weighted by Gasteiger charge is -2.28. The molecule has 1 atom stereocenters. The minimum atomic E-state index is -0.803. The van der Waals surface area contributed by atoms with Crippen LogP contribution in [-0.2, 0) is 16.0 Å². The smallest absolute Gasteiger partial charge is 0.247 e. The van der Waals surface area contributed by atoms with Crippen LogP contribution < -0.4 is 21.3 Å². The molecule has 1 aliphatic carbocycles. The number of hydrogen-bond acceptors (Lipinski definition) is 10. The van der Waals surface area contributed by atoms with Crippen molar-refractivity contribution in [3.63, 3.8) is 0 Å². The number of benzene rings is 2. The molecule has 13 heteroatoms. The van der Waals surface area contributed by atoms with E-state index in [4.69, 9.17) is 5.73 Å². The molecule has 4 aromatic rings. The number of tetrazole rings is 1. The van der Waals surface area contributed by atoms with Crippen molar-refractivity contribution in [1.82, 2.24) is 35.9 Å². The third-order valence-electron chi connectivity index (χ3n) is 9.04. The molecule has 1 aliphatic heterocycles. The standard InChI is InChI=1S/C33H40N10O3/c34-19-22-6-10-25(11-7-22)30(44)37-28(32(46)36-26-14-12-24(13-15-26)29-39-41-42-40-29)18-21-4-8-23(9-5-21)27-20-35-33(38-31(27)45)43-16-2-1-3-17-43/h4-5,8-9,12-15,20,22,25,28H,1-3,6-7,10-11,16-19,34H2,(H,36,46)(H,37,44)(H,35,38,45)(H,39,40,41,42)/t22?,25?,28-/m0/s1. The van der Waals surface area contributed by atoms with Gasteiger partial charge in [-0.25, -0.2) is 4.98 Å². The van der Waals surface area contributed by atoms with Crippen molar-refractivity contribution >= 4 is 23.5 Å². The minimum Gasteiger partial charge on any atom is -0.493 e. The van der Waals surface area contributed by atoms with E-state index in [9.17, 15) is 14.7 Å². The fourth-order valence-corrected chi connectivity index (χ4v) is 6.25. The van der Waals surface area contributed by atoms with Crippen LogP contribution in [0.25, 0.3) is 22.5 Å². The van der Waals surface area contributed by atoms with Gasteiger partial charge >= 0.3 is 0 Å². The zero-order valence-electron chi connectivity index (χ0n) is 25.7. The number of nitrogens with two attached hydrogens (primary N) is 1. The molecule has 2 aliphatic rings. The van der Waals surface area contributed by atoms with Crippen LogP contribution in [0.4, 0.5) is 11.6 Å². The molecule has 240 valence electrons. The number of nitrogens with zero attached hydrogens (tertiary/aromatic N) is 6. The number of piperidine rings is 1. The highest BCUT2D eigenvalue weighted by atomic mass is 16.3. The van der Waals surface area contributed by atoms with E-state index in [1.165, 1.54) is 6.42 Å². The van der Waals surface area contributed by atoms with Crippen molar-refractivity contribution in [1.29, 1.82) is 0 Å². The number of carbonyl (C=O) groups excluding carboxylic acids is 2. The summed E-state index contributed by atoms with van der Waals surface area (Å²) in [6, 6.07) is 13.8. The Bertz CT molecular complexity index is 1600. The molecule has 0 radical (unpaired) electrons. The minimum absolute atomic E-state index is 0.0671. The summed E-state index contributed by atoms with van der Waals surface area (Å²) in [5, 5.41) is 30.7. The predicted octanol–water partition coefficient (Wildman–Crippen LogP) is 3.45. The third-order valence-corrected chi connectivity index (χ3v) is 9.04. The van der Waals surface area contributed by atoms with Crippen LogP contribution in [0, 0.1) is 11.8 Å². The maximum atomic E-state index is 13.6. The first kappa shape index (κ1) is 31.1. The molecule has 1 saturated carbocycles. The van der Waals surface area contributed by atoms with Gasteiger partial charge in [-0.05, 0) is 98.0 Å². The van der Waals surface area contributed by atoms with Crippen molar-refractivity contribution in [2.45, 2.75) is 57.4 Å². The van der Waals surface area contributed by atoms with Crippen molar-refractivity contribution in [3.8, 4) is 28.4 Å². The number of rotatable bonds is 10. The van der Waals surface area contributed by atoms with E-state index in [1.54, 1.807) is 30.5 Å². The number of anilines is 2. The van der Waals surface area contributed by atoms with Gasteiger partial charge in [-0.15, -0.1) is 10.2 Å². The fraction of sp³-hybridized carbons (Fsp3) is 0.424. The Morgan fingerprint density at radius 2 is 1.70 bits per heavy atom. The van der Waals surface area contributed by atoms with Crippen molar-refractivity contribution in [2.24, 2.45) is 17.6 Å². The van der Waals surface area contributed by atoms with Crippen molar-refractivity contribution in [3.05, 3.63) is 60.3 Å². The van der Waals surface area contributed by atoms with Gasteiger partial charge in [0.05, 0.1) is 5.56 Å². The molecule has 13 nitrogen and oxygen atoms in total. The number of amides is 2. The average Bonchev–Trinajstić information content (AvgIpc) is 3.64. The number of aromatic hydroxyl groups is 1.